The standard InChI is InChI=1S/C22H25N3OS/c26-21(23-18-10-4-5-11-18)16-27-22-24-19-12-6-7-13-20(19)25(22)15-14-17-8-2-1-3-9-17/h1-3,6-9,12-13,18H,4-5,10-11,14-16H2,(H,23,26). The minimum Gasteiger partial charge on any atom is -0.353 e. The summed E-state index contributed by atoms with van der Waals surface area (Å²) in [5, 5.41) is 4.09. The van der Waals surface area contributed by atoms with Gasteiger partial charge in [0.2, 0.25) is 5.91 Å². The van der Waals surface area contributed by atoms with E-state index in [1.807, 2.05) is 24.3 Å². The van der Waals surface area contributed by atoms with Gasteiger partial charge in [-0.2, -0.15) is 0 Å². The number of hydrogen-bond donors (Lipinski definition) is 1. The number of imidazole rings is 1. The van der Waals surface area contributed by atoms with Gasteiger partial charge in [-0.15, -0.1) is 0 Å². The smallest absolute Gasteiger partial charge is 0.230 e. The molecule has 1 amide bonds. The van der Waals surface area contributed by atoms with Crippen LogP contribution >= 0.6 is 11.8 Å². The Morgan fingerprint density at radius 1 is 1.07 bits per heavy atom. The lowest BCUT2D eigenvalue weighted by atomic mass is 10.1. The van der Waals surface area contributed by atoms with Crippen molar-refractivity contribution in [2.45, 2.75) is 49.8 Å². The van der Waals surface area contributed by atoms with Crippen molar-refractivity contribution < 1.29 is 4.79 Å². The van der Waals surface area contributed by atoms with Crippen molar-refractivity contribution in [2.24, 2.45) is 0 Å². The third-order valence-electron chi connectivity index (χ3n) is 5.14. The first-order chi connectivity index (χ1) is 13.3. The summed E-state index contributed by atoms with van der Waals surface area (Å²) in [4.78, 5) is 17.1. The molecule has 140 valence electrons. The Morgan fingerprint density at radius 3 is 2.63 bits per heavy atom. The highest BCUT2D eigenvalue weighted by Gasteiger charge is 2.18. The lowest BCUT2D eigenvalue weighted by molar-refractivity contribution is -0.119. The Hall–Kier alpha value is -2.27. The Labute approximate surface area is 164 Å². The number of nitrogens with one attached hydrogen (secondary N) is 1. The molecular weight excluding hydrogens is 354 g/mol. The molecule has 1 heterocycles. The average molecular weight is 380 g/mol. The molecule has 0 radical (unpaired) electrons. The van der Waals surface area contributed by atoms with Crippen LogP contribution in [0.5, 0.6) is 0 Å². The highest BCUT2D eigenvalue weighted by atomic mass is 32.2. The number of rotatable bonds is 7. The van der Waals surface area contributed by atoms with Crippen molar-refractivity contribution in [2.75, 3.05) is 5.75 Å². The first kappa shape index (κ1) is 18.1. The van der Waals surface area contributed by atoms with Crippen LogP contribution < -0.4 is 5.32 Å². The van der Waals surface area contributed by atoms with E-state index in [-0.39, 0.29) is 5.91 Å². The van der Waals surface area contributed by atoms with Crippen molar-refractivity contribution in [3.63, 3.8) is 0 Å². The van der Waals surface area contributed by atoms with Gasteiger partial charge in [0.05, 0.1) is 16.8 Å². The maximum Gasteiger partial charge on any atom is 0.230 e. The van der Waals surface area contributed by atoms with E-state index in [4.69, 9.17) is 4.98 Å². The second-order valence-corrected chi connectivity index (χ2v) is 8.05. The highest BCUT2D eigenvalue weighted by molar-refractivity contribution is 7.99. The molecule has 0 aliphatic heterocycles. The number of fused-ring (bicyclic) bond motifs is 1. The van der Waals surface area contributed by atoms with Gasteiger partial charge >= 0.3 is 0 Å². The first-order valence-electron chi connectivity index (χ1n) is 9.71. The Bertz CT molecular complexity index is 900. The zero-order valence-corrected chi connectivity index (χ0v) is 16.3. The molecule has 0 atom stereocenters. The van der Waals surface area contributed by atoms with Gasteiger partial charge in [0, 0.05) is 12.6 Å². The third-order valence-corrected chi connectivity index (χ3v) is 6.12. The van der Waals surface area contributed by atoms with Crippen molar-refractivity contribution in [3.05, 3.63) is 60.2 Å². The van der Waals surface area contributed by atoms with Gasteiger partial charge in [-0.25, -0.2) is 4.98 Å². The second kappa shape index (κ2) is 8.61. The highest BCUT2D eigenvalue weighted by Crippen LogP contribution is 2.25. The fourth-order valence-electron chi connectivity index (χ4n) is 3.73. The van der Waals surface area contributed by atoms with Crippen molar-refractivity contribution in [3.8, 4) is 0 Å². The van der Waals surface area contributed by atoms with Crippen molar-refractivity contribution >= 4 is 28.7 Å². The number of thioether (sulfide) groups is 1. The van der Waals surface area contributed by atoms with E-state index < -0.39 is 0 Å². The van der Waals surface area contributed by atoms with Crippen molar-refractivity contribution in [1.29, 1.82) is 0 Å². The molecule has 1 aromatic heterocycles. The molecule has 0 spiro atoms. The molecule has 1 fully saturated rings. The maximum absolute atomic E-state index is 12.3. The summed E-state index contributed by atoms with van der Waals surface area (Å²) in [6, 6.07) is 19.1. The van der Waals surface area contributed by atoms with E-state index in [1.165, 1.54) is 30.2 Å². The minimum absolute atomic E-state index is 0.119. The van der Waals surface area contributed by atoms with Gasteiger partial charge in [0.1, 0.15) is 0 Å². The van der Waals surface area contributed by atoms with Crippen LogP contribution in [0.4, 0.5) is 0 Å². The van der Waals surface area contributed by atoms with Crippen LogP contribution in [-0.4, -0.2) is 27.3 Å². The van der Waals surface area contributed by atoms with Gasteiger partial charge < -0.3 is 9.88 Å². The average Bonchev–Trinajstić information content (AvgIpc) is 3.33. The summed E-state index contributed by atoms with van der Waals surface area (Å²) in [6.45, 7) is 0.858. The summed E-state index contributed by atoms with van der Waals surface area (Å²) < 4.78 is 2.25. The molecule has 0 unspecified atom stereocenters. The SMILES string of the molecule is O=C(CSc1nc2ccccc2n1CCc1ccccc1)NC1CCCC1. The van der Waals surface area contributed by atoms with Crippen LogP contribution in [0.3, 0.4) is 0 Å². The van der Waals surface area contributed by atoms with E-state index in [1.54, 1.807) is 0 Å². The number of benzene rings is 2. The van der Waals surface area contributed by atoms with E-state index in [0.717, 1.165) is 42.0 Å². The predicted octanol–water partition coefficient (Wildman–Crippen LogP) is 4.43. The van der Waals surface area contributed by atoms with Crippen LogP contribution in [0.25, 0.3) is 11.0 Å². The first-order valence-corrected chi connectivity index (χ1v) is 10.7. The van der Waals surface area contributed by atoms with E-state index in [9.17, 15) is 4.79 Å². The Balaban J connectivity index is 1.46. The van der Waals surface area contributed by atoms with Gasteiger partial charge in [0.25, 0.3) is 0 Å². The quantitative estimate of drug-likeness (QED) is 0.618. The number of amides is 1. The molecule has 5 heteroatoms. The second-order valence-electron chi connectivity index (χ2n) is 7.11. The van der Waals surface area contributed by atoms with Gasteiger partial charge in [-0.05, 0) is 37.0 Å². The number of aryl methyl sites for hydroxylation is 2. The lowest BCUT2D eigenvalue weighted by Crippen LogP contribution is -2.33. The van der Waals surface area contributed by atoms with Crippen LogP contribution in [0, 0.1) is 0 Å². The number of carbonyl (C=O) groups is 1. The normalized spacial score (nSPS) is 14.7. The largest absolute Gasteiger partial charge is 0.353 e. The molecule has 1 N–H and O–H groups in total. The number of para-hydroxylation sites is 2. The summed E-state index contributed by atoms with van der Waals surface area (Å²) in [5.41, 5.74) is 3.43. The zero-order chi connectivity index (χ0) is 18.5. The molecule has 1 aliphatic carbocycles. The molecule has 1 saturated carbocycles. The van der Waals surface area contributed by atoms with E-state index >= 15 is 0 Å². The summed E-state index contributed by atoms with van der Waals surface area (Å²) in [7, 11) is 0. The molecular formula is C22H25N3OS. The Kier molecular flexibility index (Phi) is 5.78. The molecule has 0 saturated heterocycles. The molecule has 3 aromatic rings. The zero-order valence-electron chi connectivity index (χ0n) is 15.4. The van der Waals surface area contributed by atoms with Crippen molar-refractivity contribution in [1.82, 2.24) is 14.9 Å². The van der Waals surface area contributed by atoms with Crippen LogP contribution in [0.2, 0.25) is 0 Å². The van der Waals surface area contributed by atoms with E-state index in [0.29, 0.717) is 11.8 Å². The number of carbonyl (C=O) groups excluding carboxylic acids is 1. The summed E-state index contributed by atoms with van der Waals surface area (Å²) >= 11 is 1.54. The van der Waals surface area contributed by atoms with Gasteiger partial charge in [-0.1, -0.05) is 67.1 Å². The van der Waals surface area contributed by atoms with Gasteiger partial charge in [0.15, 0.2) is 5.16 Å². The Morgan fingerprint density at radius 2 is 1.81 bits per heavy atom. The number of hydrogen-bond acceptors (Lipinski definition) is 3. The molecule has 4 nitrogen and oxygen atoms in total. The van der Waals surface area contributed by atoms with Crippen LogP contribution in [0.1, 0.15) is 31.2 Å². The molecule has 0 bridgehead atoms. The number of nitrogens with zero attached hydrogens (tertiary/aromatic N) is 2. The van der Waals surface area contributed by atoms with Gasteiger partial charge in [-0.3, -0.25) is 4.79 Å². The van der Waals surface area contributed by atoms with Crippen LogP contribution in [0.15, 0.2) is 59.8 Å². The molecule has 4 rings (SSSR count). The summed E-state index contributed by atoms with van der Waals surface area (Å²) in [6.07, 6.45) is 5.64. The predicted molar refractivity (Wildman–Crippen MR) is 111 cm³/mol. The number of aromatic nitrogens is 2. The molecule has 27 heavy (non-hydrogen) atoms. The molecule has 1 aliphatic rings. The maximum atomic E-state index is 12.3. The van der Waals surface area contributed by atoms with E-state index in [2.05, 4.69) is 40.2 Å². The lowest BCUT2D eigenvalue weighted by Gasteiger charge is -2.12. The monoisotopic (exact) mass is 379 g/mol. The van der Waals surface area contributed by atoms with Crippen LogP contribution in [-0.2, 0) is 17.8 Å². The minimum atomic E-state index is 0.119. The third kappa shape index (κ3) is 4.53. The summed E-state index contributed by atoms with van der Waals surface area (Å²) in [5.74, 6) is 0.541. The fourth-order valence-corrected chi connectivity index (χ4v) is 4.59. The fraction of sp³-hybridized carbons (Fsp3) is 0.364. The molecule has 2 aromatic carbocycles. The topological polar surface area (TPSA) is 46.9 Å².